The van der Waals surface area contributed by atoms with Crippen molar-refractivity contribution in [1.82, 2.24) is 15.2 Å². The van der Waals surface area contributed by atoms with E-state index in [9.17, 15) is 14.4 Å². The predicted octanol–water partition coefficient (Wildman–Crippen LogP) is 2.71. The Morgan fingerprint density at radius 3 is 1.23 bits per heavy atom. The van der Waals surface area contributed by atoms with Crippen molar-refractivity contribution in [2.45, 2.75) is 74.7 Å². The first-order valence-electron chi connectivity index (χ1n) is 10.5. The predicted molar refractivity (Wildman–Crippen MR) is 114 cm³/mol. The summed E-state index contributed by atoms with van der Waals surface area (Å²) in [6.45, 7) is 15.1. The van der Waals surface area contributed by atoms with Crippen LogP contribution < -0.4 is 5.73 Å². The molecule has 0 saturated carbocycles. The Kier molecular flexibility index (Phi) is 21.1. The van der Waals surface area contributed by atoms with Gasteiger partial charge in [-0.1, -0.05) is 61.8 Å². The molecule has 0 spiro atoms. The van der Waals surface area contributed by atoms with Gasteiger partial charge in [0.25, 0.3) is 0 Å². The molecule has 0 fully saturated rings. The monoisotopic (exact) mass is 436 g/mol. The van der Waals surface area contributed by atoms with Crippen molar-refractivity contribution in [3.05, 3.63) is 0 Å². The number of nitrogens with two attached hydrogens (primary N) is 1. The largest absolute Gasteiger partial charge is 0.312 e. The van der Waals surface area contributed by atoms with Crippen LogP contribution in [0.1, 0.15) is 74.7 Å². The van der Waals surface area contributed by atoms with E-state index in [0.29, 0.717) is 18.2 Å². The molecule has 0 aromatic carbocycles. The molecule has 0 aliphatic rings. The van der Waals surface area contributed by atoms with E-state index in [4.69, 9.17) is 21.4 Å². The number of nitrogens with zero attached hydrogens (tertiary/aromatic N) is 3. The van der Waals surface area contributed by atoms with Crippen LogP contribution in [0.4, 0.5) is 0 Å². The first-order valence-corrected chi connectivity index (χ1v) is 10.5. The summed E-state index contributed by atoms with van der Waals surface area (Å²) in [5, 5.41) is 28.8. The van der Waals surface area contributed by atoms with Gasteiger partial charge in [0.2, 0.25) is 17.7 Å². The highest BCUT2D eigenvalue weighted by Gasteiger charge is 2.14. The molecule has 10 nitrogen and oxygen atoms in total. The van der Waals surface area contributed by atoms with Crippen molar-refractivity contribution in [2.24, 2.45) is 23.5 Å². The lowest BCUT2D eigenvalue weighted by atomic mass is 10.2. The van der Waals surface area contributed by atoms with E-state index in [1.165, 1.54) is 0 Å². The fourth-order valence-corrected chi connectivity index (χ4v) is 1.72. The lowest BCUT2D eigenvalue weighted by Gasteiger charge is -2.16. The molecule has 0 aliphatic heterocycles. The zero-order chi connectivity index (χ0) is 24.4. The van der Waals surface area contributed by atoms with Crippen molar-refractivity contribution in [3.63, 3.8) is 0 Å². The number of hydrogen-bond acceptors (Lipinski definition) is 7. The highest BCUT2D eigenvalue weighted by molar-refractivity contribution is 5.77. The zero-order valence-corrected chi connectivity index (χ0v) is 20.0. The van der Waals surface area contributed by atoms with E-state index in [2.05, 4.69) is 0 Å². The van der Waals surface area contributed by atoms with Gasteiger partial charge in [-0.05, 0) is 12.8 Å². The van der Waals surface area contributed by atoms with E-state index in [1.54, 1.807) is 41.5 Å². The third-order valence-corrected chi connectivity index (χ3v) is 3.58. The van der Waals surface area contributed by atoms with Crippen LogP contribution in [0.25, 0.3) is 0 Å². The second-order valence-corrected chi connectivity index (χ2v) is 7.66. The van der Waals surface area contributed by atoms with Gasteiger partial charge in [0, 0.05) is 30.8 Å². The van der Waals surface area contributed by atoms with Gasteiger partial charge in [-0.3, -0.25) is 30.0 Å². The third kappa shape index (κ3) is 17.1. The van der Waals surface area contributed by atoms with Gasteiger partial charge in [-0.15, -0.1) is 0 Å². The van der Waals surface area contributed by atoms with Crippen LogP contribution >= 0.6 is 0 Å². The third-order valence-electron chi connectivity index (χ3n) is 3.58. The molecule has 0 aromatic heterocycles. The number of hydrogen-bond donors (Lipinski definition) is 4. The minimum atomic E-state index is -0.350. The van der Waals surface area contributed by atoms with Gasteiger partial charge in [0.15, 0.2) is 0 Å². The molecule has 0 rings (SSSR count). The number of amides is 3. The minimum absolute atomic E-state index is 0.114. The molecule has 0 heterocycles. The molecular weight excluding hydrogens is 392 g/mol. The SMILES string of the molecule is CC(C)C(=O)N(O)CN.CCCCN(O)C(=O)C(C)C.CCCN(O)C(=O)C(C)C. The average Bonchev–Trinajstić information content (AvgIpc) is 2.70. The molecule has 10 heteroatoms. The van der Waals surface area contributed by atoms with Crippen LogP contribution in [-0.2, 0) is 14.4 Å². The van der Waals surface area contributed by atoms with E-state index >= 15 is 0 Å². The number of hydroxylamine groups is 6. The number of carbonyl (C=O) groups is 3. The molecule has 0 atom stereocenters. The van der Waals surface area contributed by atoms with E-state index in [0.717, 1.165) is 29.4 Å². The van der Waals surface area contributed by atoms with Gasteiger partial charge in [-0.25, -0.2) is 15.2 Å². The molecule has 0 radical (unpaired) electrons. The van der Waals surface area contributed by atoms with Crippen LogP contribution in [0.5, 0.6) is 0 Å². The summed E-state index contributed by atoms with van der Waals surface area (Å²) in [5.41, 5.74) is 4.97. The lowest BCUT2D eigenvalue weighted by Crippen LogP contribution is -2.35. The van der Waals surface area contributed by atoms with Crippen LogP contribution in [0, 0.1) is 17.8 Å². The fourth-order valence-electron chi connectivity index (χ4n) is 1.72. The number of rotatable bonds is 9. The van der Waals surface area contributed by atoms with Crippen molar-refractivity contribution >= 4 is 17.7 Å². The van der Waals surface area contributed by atoms with Crippen molar-refractivity contribution in [1.29, 1.82) is 0 Å². The fraction of sp³-hybridized carbons (Fsp3) is 0.850. The lowest BCUT2D eigenvalue weighted by molar-refractivity contribution is -0.169. The van der Waals surface area contributed by atoms with Crippen molar-refractivity contribution < 1.29 is 30.0 Å². The maximum atomic E-state index is 11.0. The van der Waals surface area contributed by atoms with E-state index in [1.807, 2.05) is 13.8 Å². The Morgan fingerprint density at radius 2 is 1.00 bits per heavy atom. The van der Waals surface area contributed by atoms with Gasteiger partial charge in [-0.2, -0.15) is 0 Å². The standard InChI is InChI=1S/C8H17NO2.C7H15NO2.C5H12N2O2/c1-4-5-6-9(11)8(10)7(2)3;1-4-5-8(10)7(9)6(2)3;1-4(2)5(8)7(9)3-6/h7,11H,4-6H2,1-3H3;6,10H,4-5H2,1-3H3;4,9H,3,6H2,1-2H3. The topological polar surface area (TPSA) is 148 Å². The minimum Gasteiger partial charge on any atom is -0.312 e. The van der Waals surface area contributed by atoms with Crippen LogP contribution in [0.2, 0.25) is 0 Å². The second-order valence-electron chi connectivity index (χ2n) is 7.66. The quantitative estimate of drug-likeness (QED) is 0.247. The molecule has 5 N–H and O–H groups in total. The Bertz CT molecular complexity index is 472. The molecule has 0 aromatic rings. The molecule has 180 valence electrons. The summed E-state index contributed by atoms with van der Waals surface area (Å²) in [7, 11) is 0. The highest BCUT2D eigenvalue weighted by atomic mass is 16.5. The number of unbranched alkanes of at least 4 members (excludes halogenated alkanes) is 1. The Hall–Kier alpha value is -1.75. The molecule has 3 amide bonds. The maximum Gasteiger partial charge on any atom is 0.249 e. The molecule has 30 heavy (non-hydrogen) atoms. The van der Waals surface area contributed by atoms with E-state index in [-0.39, 0.29) is 42.1 Å². The summed E-state index contributed by atoms with van der Waals surface area (Å²) in [4.78, 5) is 32.6. The Labute approximate surface area is 181 Å². The van der Waals surface area contributed by atoms with Crippen molar-refractivity contribution in [3.8, 4) is 0 Å². The molecule has 0 bridgehead atoms. The summed E-state index contributed by atoms with van der Waals surface area (Å²) in [5.74, 6) is -1.18. The van der Waals surface area contributed by atoms with Crippen LogP contribution in [-0.4, -0.2) is 68.3 Å². The summed E-state index contributed by atoms with van der Waals surface area (Å²) < 4.78 is 0. The van der Waals surface area contributed by atoms with E-state index < -0.39 is 0 Å². The van der Waals surface area contributed by atoms with Crippen molar-refractivity contribution in [2.75, 3.05) is 19.8 Å². The van der Waals surface area contributed by atoms with Gasteiger partial charge in [0.1, 0.15) is 0 Å². The normalized spacial score (nSPS) is 10.1. The maximum absolute atomic E-state index is 11.0. The number of carbonyl (C=O) groups excluding carboxylic acids is 3. The van der Waals surface area contributed by atoms with Crippen LogP contribution in [0.15, 0.2) is 0 Å². The smallest absolute Gasteiger partial charge is 0.249 e. The van der Waals surface area contributed by atoms with Gasteiger partial charge in [0.05, 0.1) is 6.67 Å². The summed E-state index contributed by atoms with van der Waals surface area (Å²) in [6.07, 6.45) is 2.63. The summed E-state index contributed by atoms with van der Waals surface area (Å²) in [6, 6.07) is 0. The molecule has 0 aliphatic carbocycles. The first-order chi connectivity index (χ1) is 13.8. The molecule has 0 saturated heterocycles. The van der Waals surface area contributed by atoms with Gasteiger partial charge >= 0.3 is 0 Å². The highest BCUT2D eigenvalue weighted by Crippen LogP contribution is 2.00. The zero-order valence-electron chi connectivity index (χ0n) is 20.0. The van der Waals surface area contributed by atoms with Crippen LogP contribution in [0.3, 0.4) is 0 Å². The Morgan fingerprint density at radius 1 is 0.667 bits per heavy atom. The first kappa shape index (κ1) is 32.9. The molecular formula is C20H44N4O6. The van der Waals surface area contributed by atoms with Gasteiger partial charge < -0.3 is 5.73 Å². The Balaban J connectivity index is -0.000000366. The summed E-state index contributed by atoms with van der Waals surface area (Å²) >= 11 is 0. The second kappa shape index (κ2) is 19.2. The average molecular weight is 437 g/mol. The molecule has 0 unspecified atom stereocenters.